The van der Waals surface area contributed by atoms with Crippen molar-refractivity contribution in [1.29, 1.82) is 0 Å². The van der Waals surface area contributed by atoms with Gasteiger partial charge in [0.05, 0.1) is 6.20 Å². The summed E-state index contributed by atoms with van der Waals surface area (Å²) in [7, 11) is 0. The van der Waals surface area contributed by atoms with Crippen molar-refractivity contribution >= 4 is 40.1 Å². The number of carbonyl (C=O) groups is 1. The molecule has 0 bridgehead atoms. The van der Waals surface area contributed by atoms with Crippen LogP contribution in [0.4, 0.5) is 16.3 Å². The van der Waals surface area contributed by atoms with Gasteiger partial charge < -0.3 is 5.32 Å². The molecule has 0 aliphatic rings. The summed E-state index contributed by atoms with van der Waals surface area (Å²) in [6, 6.07) is 7.15. The van der Waals surface area contributed by atoms with Crippen LogP contribution in [0.5, 0.6) is 0 Å². The Morgan fingerprint density at radius 2 is 1.88 bits per heavy atom. The fourth-order valence-electron chi connectivity index (χ4n) is 1.18. The van der Waals surface area contributed by atoms with E-state index in [4.69, 9.17) is 0 Å². The van der Waals surface area contributed by atoms with Crippen LogP contribution < -0.4 is 10.6 Å². The van der Waals surface area contributed by atoms with Crippen LogP contribution in [0.15, 0.2) is 42.9 Å². The maximum atomic E-state index is 11.6. The molecule has 0 saturated carbocycles. The van der Waals surface area contributed by atoms with Crippen molar-refractivity contribution in [1.82, 2.24) is 9.97 Å². The lowest BCUT2D eigenvalue weighted by Crippen LogP contribution is -2.20. The summed E-state index contributed by atoms with van der Waals surface area (Å²) < 4.78 is 1.11. The summed E-state index contributed by atoms with van der Waals surface area (Å²) >= 11 is 2.20. The lowest BCUT2D eigenvalue weighted by molar-refractivity contribution is 0.262. The van der Waals surface area contributed by atoms with Crippen molar-refractivity contribution in [2.75, 3.05) is 10.6 Å². The van der Waals surface area contributed by atoms with E-state index in [0.29, 0.717) is 5.82 Å². The van der Waals surface area contributed by atoms with Crippen molar-refractivity contribution in [3.8, 4) is 0 Å². The molecule has 0 radical (unpaired) electrons. The smallest absolute Gasteiger partial charge is 0.308 e. The standard InChI is InChI=1S/C11H9IN4O/c12-8-1-3-9(4-2-8)15-11(17)16-10-7-13-5-6-14-10/h1-7H,(H2,14,15,16,17). The van der Waals surface area contributed by atoms with Gasteiger partial charge in [0.2, 0.25) is 0 Å². The zero-order valence-electron chi connectivity index (χ0n) is 8.72. The third kappa shape index (κ3) is 3.66. The summed E-state index contributed by atoms with van der Waals surface area (Å²) in [5, 5.41) is 5.28. The van der Waals surface area contributed by atoms with Crippen molar-refractivity contribution in [2.45, 2.75) is 0 Å². The molecule has 0 spiro atoms. The first-order valence-corrected chi connectivity index (χ1v) is 5.91. The van der Waals surface area contributed by atoms with Gasteiger partial charge in [-0.2, -0.15) is 0 Å². The van der Waals surface area contributed by atoms with E-state index in [9.17, 15) is 4.79 Å². The molecular formula is C11H9IN4O. The molecule has 0 atom stereocenters. The van der Waals surface area contributed by atoms with Crippen molar-refractivity contribution in [3.05, 3.63) is 46.4 Å². The van der Waals surface area contributed by atoms with Crippen molar-refractivity contribution in [3.63, 3.8) is 0 Å². The number of amides is 2. The van der Waals surface area contributed by atoms with Crippen LogP contribution >= 0.6 is 22.6 Å². The summed E-state index contributed by atoms with van der Waals surface area (Å²) in [6.45, 7) is 0. The highest BCUT2D eigenvalue weighted by Crippen LogP contribution is 2.11. The van der Waals surface area contributed by atoms with Crippen LogP contribution in [0.1, 0.15) is 0 Å². The quantitative estimate of drug-likeness (QED) is 0.826. The van der Waals surface area contributed by atoms with E-state index in [-0.39, 0.29) is 6.03 Å². The molecule has 5 nitrogen and oxygen atoms in total. The number of nitrogens with zero attached hydrogens (tertiary/aromatic N) is 2. The van der Waals surface area contributed by atoms with Gasteiger partial charge in [-0.05, 0) is 46.9 Å². The second-order valence-corrected chi connectivity index (χ2v) is 4.42. The van der Waals surface area contributed by atoms with E-state index in [1.54, 1.807) is 6.20 Å². The number of hydrogen-bond acceptors (Lipinski definition) is 3. The first-order valence-electron chi connectivity index (χ1n) is 4.83. The maximum absolute atomic E-state index is 11.6. The SMILES string of the molecule is O=C(Nc1ccc(I)cc1)Nc1cnccn1. The van der Waals surface area contributed by atoms with Gasteiger partial charge >= 0.3 is 6.03 Å². The van der Waals surface area contributed by atoms with E-state index >= 15 is 0 Å². The predicted molar refractivity (Wildman–Crippen MR) is 73.8 cm³/mol. The third-order valence-electron chi connectivity index (χ3n) is 1.91. The van der Waals surface area contributed by atoms with Gasteiger partial charge in [-0.1, -0.05) is 0 Å². The molecular weight excluding hydrogens is 331 g/mol. The Morgan fingerprint density at radius 3 is 2.53 bits per heavy atom. The lowest BCUT2D eigenvalue weighted by Gasteiger charge is -2.06. The van der Waals surface area contributed by atoms with E-state index in [1.165, 1.54) is 12.4 Å². The Morgan fingerprint density at radius 1 is 1.12 bits per heavy atom. The Kier molecular flexibility index (Phi) is 3.86. The van der Waals surface area contributed by atoms with Gasteiger partial charge in [0.1, 0.15) is 0 Å². The molecule has 17 heavy (non-hydrogen) atoms. The van der Waals surface area contributed by atoms with Gasteiger partial charge in [0, 0.05) is 21.7 Å². The minimum Gasteiger partial charge on any atom is -0.308 e. The number of nitrogens with one attached hydrogen (secondary N) is 2. The van der Waals surface area contributed by atoms with Crippen LogP contribution in [0.2, 0.25) is 0 Å². The molecule has 0 unspecified atom stereocenters. The molecule has 0 aliphatic carbocycles. The molecule has 86 valence electrons. The minimum atomic E-state index is -0.341. The fourth-order valence-corrected chi connectivity index (χ4v) is 1.54. The van der Waals surface area contributed by atoms with Gasteiger partial charge in [0.15, 0.2) is 5.82 Å². The third-order valence-corrected chi connectivity index (χ3v) is 2.63. The van der Waals surface area contributed by atoms with Crippen LogP contribution in [0.3, 0.4) is 0 Å². The Bertz CT molecular complexity index is 501. The zero-order valence-corrected chi connectivity index (χ0v) is 10.9. The second kappa shape index (κ2) is 5.58. The van der Waals surface area contributed by atoms with Crippen LogP contribution in [-0.4, -0.2) is 16.0 Å². The van der Waals surface area contributed by atoms with Gasteiger partial charge in [-0.3, -0.25) is 10.3 Å². The molecule has 1 aromatic heterocycles. The van der Waals surface area contributed by atoms with Crippen LogP contribution in [-0.2, 0) is 0 Å². The van der Waals surface area contributed by atoms with E-state index in [1.807, 2.05) is 24.3 Å². The largest absolute Gasteiger partial charge is 0.324 e. The number of benzene rings is 1. The molecule has 1 aromatic carbocycles. The summed E-state index contributed by atoms with van der Waals surface area (Å²) in [6.07, 6.45) is 4.54. The molecule has 1 heterocycles. The first kappa shape index (κ1) is 11.8. The highest BCUT2D eigenvalue weighted by Gasteiger charge is 2.02. The molecule has 2 aromatic rings. The van der Waals surface area contributed by atoms with Gasteiger partial charge in [-0.25, -0.2) is 9.78 Å². The summed E-state index contributed by atoms with van der Waals surface area (Å²) in [4.78, 5) is 19.4. The first-order chi connectivity index (χ1) is 8.24. The van der Waals surface area contributed by atoms with E-state index in [2.05, 4.69) is 43.2 Å². The monoisotopic (exact) mass is 340 g/mol. The van der Waals surface area contributed by atoms with Crippen LogP contribution in [0, 0.1) is 3.57 Å². The van der Waals surface area contributed by atoms with Gasteiger partial charge in [-0.15, -0.1) is 0 Å². The van der Waals surface area contributed by atoms with Crippen LogP contribution in [0.25, 0.3) is 0 Å². The number of anilines is 2. The summed E-state index contributed by atoms with van der Waals surface area (Å²) in [5.41, 5.74) is 0.729. The fraction of sp³-hybridized carbons (Fsp3) is 0. The van der Waals surface area contributed by atoms with Gasteiger partial charge in [0.25, 0.3) is 0 Å². The molecule has 2 amide bonds. The number of carbonyl (C=O) groups excluding carboxylic acids is 1. The number of hydrogen-bond donors (Lipinski definition) is 2. The number of rotatable bonds is 2. The molecule has 0 fully saturated rings. The lowest BCUT2D eigenvalue weighted by atomic mass is 10.3. The number of halogens is 1. The van der Waals surface area contributed by atoms with Crippen molar-refractivity contribution < 1.29 is 4.79 Å². The zero-order chi connectivity index (χ0) is 12.1. The molecule has 0 saturated heterocycles. The molecule has 0 aliphatic heterocycles. The Labute approximate surface area is 112 Å². The molecule has 2 rings (SSSR count). The Hall–Kier alpha value is -1.70. The molecule has 2 N–H and O–H groups in total. The predicted octanol–water partition coefficient (Wildman–Crippen LogP) is 2.73. The van der Waals surface area contributed by atoms with E-state index < -0.39 is 0 Å². The highest BCUT2D eigenvalue weighted by atomic mass is 127. The maximum Gasteiger partial charge on any atom is 0.324 e. The average Bonchev–Trinajstić information content (AvgIpc) is 2.33. The average molecular weight is 340 g/mol. The number of urea groups is 1. The highest BCUT2D eigenvalue weighted by molar-refractivity contribution is 14.1. The number of aromatic nitrogens is 2. The molecule has 6 heteroatoms. The van der Waals surface area contributed by atoms with Crippen molar-refractivity contribution in [2.24, 2.45) is 0 Å². The Balaban J connectivity index is 1.96. The second-order valence-electron chi connectivity index (χ2n) is 3.18. The topological polar surface area (TPSA) is 66.9 Å². The minimum absolute atomic E-state index is 0.341. The van der Waals surface area contributed by atoms with E-state index in [0.717, 1.165) is 9.26 Å². The summed E-state index contributed by atoms with van der Waals surface area (Å²) in [5.74, 6) is 0.413. The normalized spacial score (nSPS) is 9.71.